The SMILES string of the molecule is CCC[C@H](Cc1ccc(O)c(NC(=O)CCCN2C(=O)CC(SC)C2=O)c1)NC(=O)c1csc([C@@H](C[C@H](C(C)C)N(C)C(=O)[C@@H](CC(=O)[C@H]2CCCCN2C)[C@@H](C)CC)OC(C)=O)n1. The van der Waals surface area contributed by atoms with E-state index in [1.54, 1.807) is 35.7 Å². The molecule has 3 N–H and O–H groups in total. The number of piperidine rings is 1. The van der Waals surface area contributed by atoms with Gasteiger partial charge in [0.25, 0.3) is 5.91 Å². The molecule has 2 fully saturated rings. The number of amides is 5. The van der Waals surface area contributed by atoms with E-state index in [4.69, 9.17) is 4.74 Å². The largest absolute Gasteiger partial charge is 0.506 e. The molecule has 2 aliphatic rings. The molecule has 4 rings (SSSR count). The van der Waals surface area contributed by atoms with Crippen LogP contribution >= 0.6 is 23.1 Å². The minimum absolute atomic E-state index is 0.0176. The number of ether oxygens (including phenoxy) is 1. The Labute approximate surface area is 387 Å². The summed E-state index contributed by atoms with van der Waals surface area (Å²) in [6.45, 7) is 12.4. The second-order valence-electron chi connectivity index (χ2n) is 17.8. The van der Waals surface area contributed by atoms with Crippen molar-refractivity contribution in [2.24, 2.45) is 17.8 Å². The molecule has 0 radical (unpaired) electrons. The predicted octanol–water partition coefficient (Wildman–Crippen LogP) is 6.78. The lowest BCUT2D eigenvalue weighted by Crippen LogP contribution is -2.48. The highest BCUT2D eigenvalue weighted by Crippen LogP contribution is 2.33. The summed E-state index contributed by atoms with van der Waals surface area (Å²) in [5.74, 6) is -2.45. The minimum Gasteiger partial charge on any atom is -0.506 e. The number of rotatable bonds is 24. The number of carbonyl (C=O) groups is 7. The van der Waals surface area contributed by atoms with Gasteiger partial charge in [-0.05, 0) is 81.5 Å². The maximum absolute atomic E-state index is 14.3. The molecule has 0 bridgehead atoms. The van der Waals surface area contributed by atoms with Gasteiger partial charge in [-0.2, -0.15) is 11.8 Å². The van der Waals surface area contributed by atoms with E-state index in [9.17, 15) is 38.7 Å². The number of anilines is 1. The summed E-state index contributed by atoms with van der Waals surface area (Å²) >= 11 is 2.54. The smallest absolute Gasteiger partial charge is 0.303 e. The molecule has 2 saturated heterocycles. The van der Waals surface area contributed by atoms with Crippen molar-refractivity contribution >= 4 is 70.1 Å². The van der Waals surface area contributed by atoms with E-state index in [1.165, 1.54) is 41.0 Å². The first-order valence-electron chi connectivity index (χ1n) is 22.8. The molecule has 1 aromatic heterocycles. The van der Waals surface area contributed by atoms with E-state index in [2.05, 4.69) is 20.5 Å². The van der Waals surface area contributed by atoms with E-state index < -0.39 is 23.9 Å². The number of imide groups is 1. The molecule has 7 atom stereocenters. The van der Waals surface area contributed by atoms with Crippen LogP contribution in [-0.4, -0.2) is 123 Å². The van der Waals surface area contributed by atoms with Gasteiger partial charge in [-0.3, -0.25) is 43.4 Å². The van der Waals surface area contributed by atoms with Crippen LogP contribution in [0.25, 0.3) is 0 Å². The number of benzene rings is 1. The van der Waals surface area contributed by atoms with Crippen LogP contribution in [0.3, 0.4) is 0 Å². The third-order valence-corrected chi connectivity index (χ3v) is 14.6. The molecular weight excluding hydrogens is 857 g/mol. The fraction of sp³-hybridized carbons (Fsp3) is 0.660. The lowest BCUT2D eigenvalue weighted by Gasteiger charge is -2.37. The second kappa shape index (κ2) is 24.8. The number of thiazole rings is 1. The zero-order valence-corrected chi connectivity index (χ0v) is 40.8. The number of hydrogen-bond donors (Lipinski definition) is 3. The van der Waals surface area contributed by atoms with Crippen molar-refractivity contribution in [2.45, 2.75) is 148 Å². The highest BCUT2D eigenvalue weighted by Gasteiger charge is 2.39. The number of aromatic hydroxyl groups is 1. The Kier molecular flexibility index (Phi) is 20.3. The van der Waals surface area contributed by atoms with Gasteiger partial charge < -0.3 is 25.4 Å². The maximum Gasteiger partial charge on any atom is 0.303 e. The van der Waals surface area contributed by atoms with Crippen molar-refractivity contribution in [3.8, 4) is 5.75 Å². The number of phenols is 1. The van der Waals surface area contributed by atoms with Crippen LogP contribution in [-0.2, 0) is 39.9 Å². The molecule has 15 nitrogen and oxygen atoms in total. The first-order chi connectivity index (χ1) is 30.4. The number of hydrogen-bond acceptors (Lipinski definition) is 13. The zero-order valence-electron chi connectivity index (χ0n) is 39.1. The van der Waals surface area contributed by atoms with Gasteiger partial charge in [0.2, 0.25) is 23.6 Å². The summed E-state index contributed by atoms with van der Waals surface area (Å²) < 4.78 is 5.83. The standard InChI is InChI=1S/C47H70N6O9S2/c1-10-15-32(22-31-18-19-38(55)34(23-31)49-42(57)17-14-21-53-43(58)26-41(63-9)47(53)61)48-44(59)35-27-64-45(50-35)40(62-30(6)54)25-37(28(3)4)52(8)46(60)33(29(5)11-2)24-39(56)36-16-12-13-20-51(36)7/h18-19,23,27-29,32-33,36-37,40-41,55H,10-17,20-22,24-26H2,1-9H3,(H,48,59)(H,49,57)/t29-,32+,33-,36+,37+,40+,41?/m0/s1. The third kappa shape index (κ3) is 14.3. The van der Waals surface area contributed by atoms with Gasteiger partial charge in [-0.1, -0.05) is 59.9 Å². The number of carbonyl (C=O) groups excluding carboxylic acids is 7. The molecule has 5 amide bonds. The summed E-state index contributed by atoms with van der Waals surface area (Å²) in [5, 5.41) is 18.1. The maximum atomic E-state index is 14.3. The molecule has 64 heavy (non-hydrogen) atoms. The minimum atomic E-state index is -0.832. The Hall–Kier alpha value is -4.35. The van der Waals surface area contributed by atoms with Crippen LogP contribution in [0, 0.1) is 17.8 Å². The Morgan fingerprint density at radius 3 is 2.47 bits per heavy atom. The summed E-state index contributed by atoms with van der Waals surface area (Å²) in [4.78, 5) is 101. The number of Topliss-reactive ketones (excluding diaryl/α,β-unsaturated/α-hetero) is 1. The van der Waals surface area contributed by atoms with E-state index in [-0.39, 0.29) is 120 Å². The van der Waals surface area contributed by atoms with Crippen molar-refractivity contribution < 1.29 is 43.4 Å². The lowest BCUT2D eigenvalue weighted by atomic mass is 9.83. The van der Waals surface area contributed by atoms with Gasteiger partial charge in [-0.25, -0.2) is 4.98 Å². The number of phenolic OH excluding ortho intramolecular Hbond substituents is 1. The average molecular weight is 927 g/mol. The van der Waals surface area contributed by atoms with Gasteiger partial charge in [-0.15, -0.1) is 11.3 Å². The van der Waals surface area contributed by atoms with Crippen LogP contribution in [0.5, 0.6) is 5.75 Å². The number of likely N-dealkylation sites (N-methyl/N-ethyl adjacent to an activating group) is 1. The van der Waals surface area contributed by atoms with E-state index in [0.717, 1.165) is 44.2 Å². The summed E-state index contributed by atoms with van der Waals surface area (Å²) in [6.07, 6.45) is 7.25. The summed E-state index contributed by atoms with van der Waals surface area (Å²) in [6, 6.07) is 4.00. The fourth-order valence-corrected chi connectivity index (χ4v) is 10.2. The van der Waals surface area contributed by atoms with Crippen molar-refractivity contribution in [1.29, 1.82) is 0 Å². The van der Waals surface area contributed by atoms with E-state index >= 15 is 0 Å². The Bertz CT molecular complexity index is 1960. The lowest BCUT2D eigenvalue weighted by molar-refractivity contribution is -0.149. The number of nitrogens with one attached hydrogen (secondary N) is 2. The highest BCUT2D eigenvalue weighted by molar-refractivity contribution is 8.00. The molecule has 17 heteroatoms. The molecule has 1 unspecified atom stereocenters. The van der Waals surface area contributed by atoms with E-state index in [0.29, 0.717) is 17.8 Å². The molecule has 1 aromatic carbocycles. The highest BCUT2D eigenvalue weighted by atomic mass is 32.2. The van der Waals surface area contributed by atoms with Gasteiger partial charge in [0, 0.05) is 69.6 Å². The summed E-state index contributed by atoms with van der Waals surface area (Å²) in [7, 11) is 3.74. The van der Waals surface area contributed by atoms with E-state index in [1.807, 2.05) is 41.7 Å². The quantitative estimate of drug-likeness (QED) is 0.0568. The molecule has 0 spiro atoms. The van der Waals surface area contributed by atoms with Gasteiger partial charge >= 0.3 is 5.97 Å². The number of likely N-dealkylation sites (tertiary alicyclic amines) is 2. The molecule has 2 aliphatic heterocycles. The number of nitrogens with zero attached hydrogens (tertiary/aromatic N) is 4. The van der Waals surface area contributed by atoms with Crippen molar-refractivity contribution in [2.75, 3.05) is 38.8 Å². The zero-order chi connectivity index (χ0) is 47.2. The Balaban J connectivity index is 1.42. The van der Waals surface area contributed by atoms with Crippen LogP contribution < -0.4 is 10.6 Å². The van der Waals surface area contributed by atoms with Crippen LogP contribution in [0.15, 0.2) is 23.6 Å². The number of aromatic nitrogens is 1. The van der Waals surface area contributed by atoms with Crippen molar-refractivity contribution in [3.05, 3.63) is 39.8 Å². The van der Waals surface area contributed by atoms with Crippen molar-refractivity contribution in [1.82, 2.24) is 25.0 Å². The second-order valence-corrected chi connectivity index (χ2v) is 19.7. The third-order valence-electron chi connectivity index (χ3n) is 12.7. The fourth-order valence-electron chi connectivity index (χ4n) is 8.72. The molecule has 354 valence electrons. The van der Waals surface area contributed by atoms with Gasteiger partial charge in [0.15, 0.2) is 11.9 Å². The molecule has 0 aliphatic carbocycles. The van der Waals surface area contributed by atoms with Crippen molar-refractivity contribution in [3.63, 3.8) is 0 Å². The molecule has 3 heterocycles. The van der Waals surface area contributed by atoms with Gasteiger partial charge in [0.05, 0.1) is 17.0 Å². The number of esters is 1. The molecular formula is C47H70N6O9S2. The van der Waals surface area contributed by atoms with Crippen LogP contribution in [0.1, 0.15) is 139 Å². The van der Waals surface area contributed by atoms with Crippen LogP contribution in [0.2, 0.25) is 0 Å². The molecule has 0 saturated carbocycles. The predicted molar refractivity (Wildman–Crippen MR) is 250 cm³/mol. The first kappa shape index (κ1) is 52.3. The topological polar surface area (TPSA) is 196 Å². The summed E-state index contributed by atoms with van der Waals surface area (Å²) in [5.41, 5.74) is 1.13. The monoisotopic (exact) mass is 926 g/mol. The number of thioether (sulfide) groups is 1. The Morgan fingerprint density at radius 1 is 1.11 bits per heavy atom. The number of ketones is 1. The van der Waals surface area contributed by atoms with Crippen LogP contribution in [0.4, 0.5) is 5.69 Å². The van der Waals surface area contributed by atoms with Gasteiger partial charge in [0.1, 0.15) is 16.5 Å². The first-order valence-corrected chi connectivity index (χ1v) is 25.0. The normalized spacial score (nSPS) is 19.2. The average Bonchev–Trinajstić information content (AvgIpc) is 3.86. The Morgan fingerprint density at radius 2 is 1.84 bits per heavy atom. The molecule has 2 aromatic rings.